The molecule has 9 rings (SSSR count). The van der Waals surface area contributed by atoms with E-state index in [4.69, 9.17) is 15.6 Å². The highest BCUT2D eigenvalue weighted by Crippen LogP contribution is 2.35. The topological polar surface area (TPSA) is 170 Å². The molecule has 0 radical (unpaired) electrons. The Bertz CT molecular complexity index is 2310. The molecule has 3 fully saturated rings. The highest BCUT2D eigenvalue weighted by atomic mass is 19.1. The van der Waals surface area contributed by atoms with Crippen molar-refractivity contribution in [1.82, 2.24) is 44.9 Å². The van der Waals surface area contributed by atoms with Crippen molar-refractivity contribution in [2.75, 3.05) is 36.8 Å². The second-order valence-corrected chi connectivity index (χ2v) is 15.3. The highest BCUT2D eigenvalue weighted by molar-refractivity contribution is 6.05. The van der Waals surface area contributed by atoms with Crippen LogP contribution in [0.4, 0.5) is 15.9 Å². The molecule has 15 nitrogen and oxygen atoms in total. The molecular weight excluding hydrogens is 730 g/mol. The smallest absolute Gasteiger partial charge is 0.255 e. The summed E-state index contributed by atoms with van der Waals surface area (Å²) in [5, 5.41) is 15.5. The average molecular weight is 774 g/mol. The highest BCUT2D eigenvalue weighted by Gasteiger charge is 2.39. The third-order valence-corrected chi connectivity index (χ3v) is 11.9. The van der Waals surface area contributed by atoms with E-state index < -0.39 is 18.0 Å². The van der Waals surface area contributed by atoms with Crippen LogP contribution in [0.2, 0.25) is 0 Å². The molecule has 4 aliphatic heterocycles. The van der Waals surface area contributed by atoms with E-state index in [2.05, 4.69) is 47.2 Å². The number of rotatable bonds is 9. The van der Waals surface area contributed by atoms with Crippen molar-refractivity contribution in [2.24, 2.45) is 0 Å². The second kappa shape index (κ2) is 15.1. The quantitative estimate of drug-likeness (QED) is 0.203. The fourth-order valence-electron chi connectivity index (χ4n) is 8.78. The summed E-state index contributed by atoms with van der Waals surface area (Å²) in [7, 11) is 0. The average Bonchev–Trinajstić information content (AvgIpc) is 4.01. The van der Waals surface area contributed by atoms with Crippen molar-refractivity contribution in [3.8, 4) is 22.6 Å². The summed E-state index contributed by atoms with van der Waals surface area (Å²) in [5.74, 6) is -0.594. The van der Waals surface area contributed by atoms with Gasteiger partial charge in [-0.1, -0.05) is 0 Å². The Balaban J connectivity index is 0.786. The van der Waals surface area contributed by atoms with E-state index in [-0.39, 0.29) is 36.0 Å². The number of amides is 3. The monoisotopic (exact) mass is 773 g/mol. The second-order valence-electron chi connectivity index (χ2n) is 15.3. The van der Waals surface area contributed by atoms with Gasteiger partial charge < -0.3 is 25.2 Å². The Kier molecular flexibility index (Phi) is 9.64. The summed E-state index contributed by atoms with van der Waals surface area (Å²) in [5.41, 5.74) is 11.8. The maximum absolute atomic E-state index is 14.3. The van der Waals surface area contributed by atoms with Gasteiger partial charge in [-0.3, -0.25) is 24.4 Å². The zero-order chi connectivity index (χ0) is 39.2. The van der Waals surface area contributed by atoms with Crippen LogP contribution < -0.4 is 20.7 Å². The molecule has 294 valence electrons. The van der Waals surface area contributed by atoms with Gasteiger partial charge in [-0.2, -0.15) is 20.1 Å². The summed E-state index contributed by atoms with van der Waals surface area (Å²) in [6.45, 7) is 6.06. The van der Waals surface area contributed by atoms with Gasteiger partial charge in [0, 0.05) is 85.5 Å². The first kappa shape index (κ1) is 36.5. The lowest BCUT2D eigenvalue weighted by molar-refractivity contribution is -0.136. The van der Waals surface area contributed by atoms with Crippen molar-refractivity contribution >= 4 is 29.2 Å². The number of imide groups is 1. The predicted molar refractivity (Wildman–Crippen MR) is 208 cm³/mol. The summed E-state index contributed by atoms with van der Waals surface area (Å²) in [4.78, 5) is 49.7. The van der Waals surface area contributed by atoms with E-state index in [0.717, 1.165) is 74.2 Å². The van der Waals surface area contributed by atoms with Gasteiger partial charge in [-0.25, -0.2) is 9.37 Å². The van der Waals surface area contributed by atoms with Crippen molar-refractivity contribution in [2.45, 2.75) is 76.2 Å². The van der Waals surface area contributed by atoms with Gasteiger partial charge in [0.2, 0.25) is 11.8 Å². The standard InChI is InChI=1S/C41H44FN11O4/c1-25(34-20-29(42)2-5-35(34)53-45-12-13-46-53)57-37-19-26(21-44-39(37)43)28-22-47-52(24-28)31-10-16-49(17-11-31)30-8-14-50(15-9-30)32-3-4-33-27(18-32)23-51(41(33)56)36-6-7-38(54)48-40(36)55/h2-5,12-13,18-22,24-25,30-31,36H,6-11,14-17,23H2,1H3,(H2,43,44)(H,48,54,55)/t25-,36?/m1/s1. The first-order valence-electron chi connectivity index (χ1n) is 19.6. The molecule has 0 spiro atoms. The van der Waals surface area contributed by atoms with Crippen LogP contribution in [0, 0.1) is 5.82 Å². The number of nitrogens with one attached hydrogen (secondary N) is 1. The number of nitrogens with two attached hydrogens (primary N) is 1. The zero-order valence-electron chi connectivity index (χ0n) is 31.6. The van der Waals surface area contributed by atoms with Crippen molar-refractivity contribution < 1.29 is 23.5 Å². The lowest BCUT2D eigenvalue weighted by Gasteiger charge is -2.42. The van der Waals surface area contributed by atoms with Gasteiger partial charge in [0.15, 0.2) is 11.6 Å². The Labute approximate surface area is 328 Å². The predicted octanol–water partition coefficient (Wildman–Crippen LogP) is 4.45. The van der Waals surface area contributed by atoms with E-state index in [0.29, 0.717) is 41.6 Å². The number of carbonyl (C=O) groups excluding carboxylic acids is 3. The number of piperidine rings is 3. The van der Waals surface area contributed by atoms with E-state index in [1.165, 1.54) is 16.9 Å². The fraction of sp³-hybridized carbons (Fsp3) is 0.390. The van der Waals surface area contributed by atoms with Crippen molar-refractivity contribution in [3.63, 3.8) is 0 Å². The molecule has 0 saturated carbocycles. The number of aromatic nitrogens is 6. The Morgan fingerprint density at radius 1 is 0.877 bits per heavy atom. The van der Waals surface area contributed by atoms with Crippen LogP contribution in [0.25, 0.3) is 16.8 Å². The molecule has 16 heteroatoms. The third-order valence-electron chi connectivity index (χ3n) is 11.9. The molecule has 0 aliphatic carbocycles. The van der Waals surface area contributed by atoms with Crippen molar-refractivity contribution in [1.29, 1.82) is 0 Å². The van der Waals surface area contributed by atoms with Crippen LogP contribution in [0.5, 0.6) is 5.75 Å². The van der Waals surface area contributed by atoms with Crippen LogP contribution in [-0.2, 0) is 16.1 Å². The maximum Gasteiger partial charge on any atom is 0.255 e. The van der Waals surface area contributed by atoms with Crippen molar-refractivity contribution in [3.05, 3.63) is 96.0 Å². The number of carbonyl (C=O) groups is 3. The number of nitrogen functional groups attached to an aromatic ring is 1. The molecule has 1 unspecified atom stereocenters. The van der Waals surface area contributed by atoms with Crippen LogP contribution in [0.3, 0.4) is 0 Å². The van der Waals surface area contributed by atoms with Crippen LogP contribution in [-0.4, -0.2) is 95.5 Å². The zero-order valence-corrected chi connectivity index (χ0v) is 31.6. The van der Waals surface area contributed by atoms with E-state index >= 15 is 0 Å². The normalized spacial score (nSPS) is 20.2. The number of likely N-dealkylation sites (tertiary alicyclic amines) is 1. The molecule has 3 saturated heterocycles. The molecule has 3 amide bonds. The third kappa shape index (κ3) is 7.20. The van der Waals surface area contributed by atoms with Crippen LogP contribution in [0.1, 0.15) is 79.1 Å². The van der Waals surface area contributed by atoms with E-state index in [9.17, 15) is 18.8 Å². The largest absolute Gasteiger partial charge is 0.482 e. The molecule has 2 atom stereocenters. The molecule has 7 heterocycles. The summed E-state index contributed by atoms with van der Waals surface area (Å²) in [6.07, 6.45) is 12.9. The molecular formula is C41H44FN11O4. The lowest BCUT2D eigenvalue weighted by atomic mass is 9.97. The van der Waals surface area contributed by atoms with Gasteiger partial charge in [-0.15, -0.1) is 0 Å². The number of halogens is 1. The van der Waals surface area contributed by atoms with Crippen LogP contribution >= 0.6 is 0 Å². The van der Waals surface area contributed by atoms with E-state index in [1.54, 1.807) is 29.6 Å². The first-order chi connectivity index (χ1) is 27.7. The number of pyridine rings is 1. The number of hydrogen-bond acceptors (Lipinski definition) is 11. The number of benzene rings is 2. The van der Waals surface area contributed by atoms with Gasteiger partial charge in [0.1, 0.15) is 18.0 Å². The Hall–Kier alpha value is -6.16. The molecule has 2 aromatic carbocycles. The molecule has 4 aliphatic rings. The molecule has 3 N–H and O–H groups in total. The number of fused-ring (bicyclic) bond motifs is 1. The SMILES string of the molecule is C[C@@H](Oc1cc(-c2cnn(C3CCN(C4CCN(c5ccc6c(c5)CN(C5CCC(=O)NC5=O)C6=O)CC4)CC3)c2)cnc1N)c1cc(F)ccc1-n1nccn1. The lowest BCUT2D eigenvalue weighted by Crippen LogP contribution is -2.52. The number of hydrogen-bond donors (Lipinski definition) is 2. The van der Waals surface area contributed by atoms with Gasteiger partial charge in [-0.05, 0) is 87.1 Å². The minimum absolute atomic E-state index is 0.145. The summed E-state index contributed by atoms with van der Waals surface area (Å²) >= 11 is 0. The van der Waals surface area contributed by atoms with Gasteiger partial charge in [0.05, 0.1) is 30.3 Å². The summed E-state index contributed by atoms with van der Waals surface area (Å²) in [6, 6.07) is 12.4. The number of nitrogens with zero attached hydrogens (tertiary/aromatic N) is 9. The number of ether oxygens (including phenoxy) is 1. The Morgan fingerprint density at radius 2 is 1.65 bits per heavy atom. The summed E-state index contributed by atoms with van der Waals surface area (Å²) < 4.78 is 22.7. The van der Waals surface area contributed by atoms with Gasteiger partial charge in [0.25, 0.3) is 5.91 Å². The molecule has 57 heavy (non-hydrogen) atoms. The first-order valence-corrected chi connectivity index (χ1v) is 19.6. The van der Waals surface area contributed by atoms with E-state index in [1.807, 2.05) is 31.3 Å². The molecule has 3 aromatic heterocycles. The number of anilines is 2. The maximum atomic E-state index is 14.3. The molecule has 0 bridgehead atoms. The fourth-order valence-corrected chi connectivity index (χ4v) is 8.78. The molecule has 5 aromatic rings. The van der Waals surface area contributed by atoms with Crippen LogP contribution in [0.15, 0.2) is 73.4 Å². The van der Waals surface area contributed by atoms with Gasteiger partial charge >= 0.3 is 0 Å². The minimum Gasteiger partial charge on any atom is -0.482 e. The minimum atomic E-state index is -0.609. The Morgan fingerprint density at radius 3 is 2.42 bits per heavy atom.